The molecule has 0 aromatic heterocycles. The summed E-state index contributed by atoms with van der Waals surface area (Å²) in [6.07, 6.45) is -0.606. The predicted octanol–water partition coefficient (Wildman–Crippen LogP) is 2.23. The molecule has 2 heterocycles. The van der Waals surface area contributed by atoms with Crippen LogP contribution in [0.25, 0.3) is 10.4 Å². The molecular formula is C14H17N3O4S. The maximum Gasteiger partial charge on any atom is 0.184 e. The van der Waals surface area contributed by atoms with Gasteiger partial charge in [0.2, 0.25) is 0 Å². The number of hydrogen-bond acceptors (Lipinski definition) is 6. The van der Waals surface area contributed by atoms with E-state index in [1.54, 1.807) is 0 Å². The average molecular weight is 323 g/mol. The number of azide groups is 1. The average Bonchev–Trinajstić information content (AvgIpc) is 2.58. The molecule has 2 saturated heterocycles. The lowest BCUT2D eigenvalue weighted by Crippen LogP contribution is -2.60. The SMILES string of the molecule is CSC1OC2COC(c3ccccc3)OC2C(O)C1N=[N+]=[N-]. The molecule has 2 aliphatic heterocycles. The van der Waals surface area contributed by atoms with Crippen molar-refractivity contribution in [3.8, 4) is 0 Å². The second-order valence-electron chi connectivity index (χ2n) is 5.14. The zero-order valence-electron chi connectivity index (χ0n) is 12.0. The van der Waals surface area contributed by atoms with Gasteiger partial charge in [0.1, 0.15) is 23.7 Å². The molecule has 0 saturated carbocycles. The van der Waals surface area contributed by atoms with E-state index in [0.717, 1.165) is 5.56 Å². The Morgan fingerprint density at radius 2 is 2.09 bits per heavy atom. The van der Waals surface area contributed by atoms with Gasteiger partial charge < -0.3 is 19.3 Å². The molecule has 3 rings (SSSR count). The van der Waals surface area contributed by atoms with Crippen LogP contribution in [-0.4, -0.2) is 47.8 Å². The second kappa shape index (κ2) is 6.87. The molecule has 0 radical (unpaired) electrons. The topological polar surface area (TPSA) is 96.7 Å². The van der Waals surface area contributed by atoms with Crippen molar-refractivity contribution >= 4 is 11.8 Å². The highest BCUT2D eigenvalue weighted by Crippen LogP contribution is 2.37. The number of aliphatic hydroxyl groups is 1. The summed E-state index contributed by atoms with van der Waals surface area (Å²) < 4.78 is 17.4. The lowest BCUT2D eigenvalue weighted by molar-refractivity contribution is -0.305. The number of rotatable bonds is 3. The van der Waals surface area contributed by atoms with Crippen molar-refractivity contribution in [1.29, 1.82) is 0 Å². The van der Waals surface area contributed by atoms with Gasteiger partial charge in [0, 0.05) is 10.5 Å². The van der Waals surface area contributed by atoms with E-state index in [4.69, 9.17) is 19.7 Å². The fourth-order valence-electron chi connectivity index (χ4n) is 2.73. The third-order valence-electron chi connectivity index (χ3n) is 3.82. The van der Waals surface area contributed by atoms with Crippen LogP contribution in [0.15, 0.2) is 35.4 Å². The number of ether oxygens (including phenoxy) is 3. The summed E-state index contributed by atoms with van der Waals surface area (Å²) >= 11 is 1.39. The van der Waals surface area contributed by atoms with Crippen molar-refractivity contribution in [2.24, 2.45) is 5.11 Å². The van der Waals surface area contributed by atoms with Crippen LogP contribution in [0.2, 0.25) is 0 Å². The van der Waals surface area contributed by atoms with Crippen molar-refractivity contribution in [3.05, 3.63) is 46.3 Å². The van der Waals surface area contributed by atoms with Gasteiger partial charge in [0.05, 0.1) is 12.7 Å². The fraction of sp³-hybridized carbons (Fsp3) is 0.571. The van der Waals surface area contributed by atoms with Crippen LogP contribution in [0.5, 0.6) is 0 Å². The Morgan fingerprint density at radius 3 is 2.77 bits per heavy atom. The molecule has 6 unspecified atom stereocenters. The first-order valence-electron chi connectivity index (χ1n) is 6.97. The maximum atomic E-state index is 10.5. The molecule has 0 aliphatic carbocycles. The van der Waals surface area contributed by atoms with Crippen LogP contribution in [0.4, 0.5) is 0 Å². The van der Waals surface area contributed by atoms with Gasteiger partial charge in [-0.2, -0.15) is 0 Å². The number of hydrogen-bond donors (Lipinski definition) is 1. The zero-order chi connectivity index (χ0) is 15.5. The van der Waals surface area contributed by atoms with Gasteiger partial charge in [0.25, 0.3) is 0 Å². The highest BCUT2D eigenvalue weighted by atomic mass is 32.2. The minimum atomic E-state index is -0.929. The first-order valence-corrected chi connectivity index (χ1v) is 8.26. The minimum Gasteiger partial charge on any atom is -0.390 e. The molecule has 0 bridgehead atoms. The molecular weight excluding hydrogens is 306 g/mol. The van der Waals surface area contributed by atoms with Crippen molar-refractivity contribution in [2.45, 2.75) is 36.1 Å². The standard InChI is InChI=1S/C14H17N3O4S/c1-22-14-10(16-17-15)11(18)12-9(20-14)7-19-13(21-12)8-5-3-2-4-6-8/h2-6,9-14,18H,7H2,1H3. The number of aliphatic hydroxyl groups excluding tert-OH is 1. The van der Waals surface area contributed by atoms with Gasteiger partial charge in [-0.05, 0) is 11.8 Å². The van der Waals surface area contributed by atoms with Gasteiger partial charge >= 0.3 is 0 Å². The number of thioether (sulfide) groups is 1. The number of benzene rings is 1. The molecule has 1 aromatic rings. The Hall–Kier alpha value is -1.28. The van der Waals surface area contributed by atoms with Gasteiger partial charge in [-0.1, -0.05) is 35.4 Å². The quantitative estimate of drug-likeness (QED) is 0.522. The van der Waals surface area contributed by atoms with Crippen LogP contribution in [0.3, 0.4) is 0 Å². The number of nitrogens with zero attached hydrogens (tertiary/aromatic N) is 3. The summed E-state index contributed by atoms with van der Waals surface area (Å²) in [6, 6.07) is 8.82. The van der Waals surface area contributed by atoms with E-state index >= 15 is 0 Å². The molecule has 2 fully saturated rings. The molecule has 6 atom stereocenters. The van der Waals surface area contributed by atoms with E-state index in [-0.39, 0.29) is 6.10 Å². The normalized spacial score (nSPS) is 37.9. The Kier molecular flexibility index (Phi) is 4.87. The van der Waals surface area contributed by atoms with E-state index in [2.05, 4.69) is 10.0 Å². The molecule has 2 aliphatic rings. The van der Waals surface area contributed by atoms with Crippen molar-refractivity contribution in [1.82, 2.24) is 0 Å². The third-order valence-corrected chi connectivity index (χ3v) is 4.68. The van der Waals surface area contributed by atoms with E-state index in [1.165, 1.54) is 11.8 Å². The fourth-order valence-corrected chi connectivity index (χ4v) is 3.48. The van der Waals surface area contributed by atoms with Crippen molar-refractivity contribution in [2.75, 3.05) is 12.9 Å². The monoisotopic (exact) mass is 323 g/mol. The van der Waals surface area contributed by atoms with Crippen LogP contribution in [0.1, 0.15) is 11.9 Å². The maximum absolute atomic E-state index is 10.5. The van der Waals surface area contributed by atoms with Crippen LogP contribution in [-0.2, 0) is 14.2 Å². The molecule has 1 N–H and O–H groups in total. The van der Waals surface area contributed by atoms with Crippen molar-refractivity contribution < 1.29 is 19.3 Å². The molecule has 0 spiro atoms. The lowest BCUT2D eigenvalue weighted by atomic mass is 9.97. The third kappa shape index (κ3) is 2.94. The smallest absolute Gasteiger partial charge is 0.184 e. The van der Waals surface area contributed by atoms with Crippen molar-refractivity contribution in [3.63, 3.8) is 0 Å². The molecule has 0 amide bonds. The second-order valence-corrected chi connectivity index (χ2v) is 6.08. The zero-order valence-corrected chi connectivity index (χ0v) is 12.8. The Morgan fingerprint density at radius 1 is 1.32 bits per heavy atom. The first-order chi connectivity index (χ1) is 10.7. The number of fused-ring (bicyclic) bond motifs is 1. The van der Waals surface area contributed by atoms with Crippen LogP contribution in [0, 0.1) is 0 Å². The summed E-state index contributed by atoms with van der Waals surface area (Å²) in [5.41, 5.74) is 9.16. The van der Waals surface area contributed by atoms with E-state index in [1.807, 2.05) is 36.6 Å². The lowest BCUT2D eigenvalue weighted by Gasteiger charge is -2.46. The van der Waals surface area contributed by atoms with E-state index < -0.39 is 30.0 Å². The van der Waals surface area contributed by atoms with Gasteiger partial charge in [-0.15, -0.1) is 11.8 Å². The van der Waals surface area contributed by atoms with Gasteiger partial charge in [-0.3, -0.25) is 0 Å². The summed E-state index contributed by atoms with van der Waals surface area (Å²) in [6.45, 7) is 0.321. The van der Waals surface area contributed by atoms with Gasteiger partial charge in [0.15, 0.2) is 6.29 Å². The van der Waals surface area contributed by atoms with Crippen LogP contribution < -0.4 is 0 Å². The Bertz CT molecular complexity index is 554. The summed E-state index contributed by atoms with van der Waals surface area (Å²) in [5, 5.41) is 14.2. The predicted molar refractivity (Wildman–Crippen MR) is 81.1 cm³/mol. The van der Waals surface area contributed by atoms with Gasteiger partial charge in [-0.25, -0.2) is 0 Å². The van der Waals surface area contributed by atoms with Crippen LogP contribution >= 0.6 is 11.8 Å². The molecule has 8 heteroatoms. The molecule has 7 nitrogen and oxygen atoms in total. The molecule has 1 aromatic carbocycles. The largest absolute Gasteiger partial charge is 0.390 e. The summed E-state index contributed by atoms with van der Waals surface area (Å²) in [7, 11) is 0. The minimum absolute atomic E-state index is 0.321. The first kappa shape index (κ1) is 15.6. The van der Waals surface area contributed by atoms with E-state index in [9.17, 15) is 5.11 Å². The highest BCUT2D eigenvalue weighted by Gasteiger charge is 2.48. The van der Waals surface area contributed by atoms with E-state index in [0.29, 0.717) is 6.61 Å². The Balaban J connectivity index is 1.79. The molecule has 118 valence electrons. The summed E-state index contributed by atoms with van der Waals surface area (Å²) in [5.74, 6) is 0. The highest BCUT2D eigenvalue weighted by molar-refractivity contribution is 7.99. The molecule has 22 heavy (non-hydrogen) atoms. The Labute approximate surface area is 132 Å². The summed E-state index contributed by atoms with van der Waals surface area (Å²) in [4.78, 5) is 2.81.